The highest BCUT2D eigenvalue weighted by molar-refractivity contribution is 5.86. The van der Waals surface area contributed by atoms with Crippen molar-refractivity contribution in [2.45, 2.75) is 44.1 Å². The van der Waals surface area contributed by atoms with E-state index in [2.05, 4.69) is 20.0 Å². The summed E-state index contributed by atoms with van der Waals surface area (Å²) in [6.45, 7) is 6.48. The normalized spacial score (nSPS) is 20.9. The van der Waals surface area contributed by atoms with Gasteiger partial charge in [-0.25, -0.2) is 0 Å². The number of halogens is 3. The number of likely N-dealkylation sites (tertiary alicyclic amines) is 1. The Balaban J connectivity index is 1.29. The van der Waals surface area contributed by atoms with Crippen molar-refractivity contribution in [2.75, 3.05) is 62.8 Å². The van der Waals surface area contributed by atoms with Gasteiger partial charge in [-0.3, -0.25) is 14.3 Å². The van der Waals surface area contributed by atoms with Crippen LogP contribution in [-0.4, -0.2) is 83.5 Å². The van der Waals surface area contributed by atoms with E-state index in [9.17, 15) is 13.2 Å². The van der Waals surface area contributed by atoms with Crippen molar-refractivity contribution in [1.82, 2.24) is 29.8 Å². The van der Waals surface area contributed by atoms with Crippen molar-refractivity contribution in [2.24, 2.45) is 7.05 Å². The van der Waals surface area contributed by atoms with Crippen LogP contribution >= 0.6 is 0 Å². The number of ether oxygens (including phenoxy) is 1. The molecule has 0 radical (unpaired) electrons. The van der Waals surface area contributed by atoms with E-state index in [1.54, 1.807) is 19.3 Å². The zero-order valence-corrected chi connectivity index (χ0v) is 22.9. The van der Waals surface area contributed by atoms with Crippen LogP contribution in [0.5, 0.6) is 0 Å². The van der Waals surface area contributed by atoms with Crippen LogP contribution in [-0.2, 0) is 30.9 Å². The van der Waals surface area contributed by atoms with E-state index < -0.39 is 11.7 Å². The smallest absolute Gasteiger partial charge is 0.378 e. The zero-order chi connectivity index (χ0) is 27.6. The van der Waals surface area contributed by atoms with Gasteiger partial charge in [-0.15, -0.1) is 0 Å². The summed E-state index contributed by atoms with van der Waals surface area (Å²) in [5.74, 6) is 0.786. The molecule has 0 aliphatic carbocycles. The first-order valence-electron chi connectivity index (χ1n) is 14.1. The largest absolute Gasteiger partial charge is 0.417 e. The third-order valence-electron chi connectivity index (χ3n) is 8.97. The number of alkyl halides is 3. The van der Waals surface area contributed by atoms with Gasteiger partial charge in [0.05, 0.1) is 48.4 Å². The fraction of sp³-hybridized carbons (Fsp3) is 0.571. The first-order chi connectivity index (χ1) is 19.3. The monoisotopic (exact) mass is 556 g/mol. The number of nitrogens with one attached hydrogen (secondary N) is 1. The van der Waals surface area contributed by atoms with Gasteiger partial charge in [0, 0.05) is 82.8 Å². The van der Waals surface area contributed by atoms with Crippen LogP contribution in [0.25, 0.3) is 11.1 Å². The molecule has 2 fully saturated rings. The zero-order valence-electron chi connectivity index (χ0n) is 22.9. The Labute approximate surface area is 231 Å². The number of piperidine rings is 1. The minimum Gasteiger partial charge on any atom is -0.378 e. The Bertz CT molecular complexity index is 1400. The second-order valence-electron chi connectivity index (χ2n) is 11.4. The van der Waals surface area contributed by atoms with Crippen molar-refractivity contribution < 1.29 is 17.9 Å². The lowest BCUT2D eigenvalue weighted by molar-refractivity contribution is -0.137. The Morgan fingerprint density at radius 3 is 2.48 bits per heavy atom. The number of fused-ring (bicyclic) bond motifs is 2. The SMILES string of the molecule is CN1CCN(c2nn(C3CCN(C4COC4)CC3)c3c2CNCC3)c2cc(C(F)(F)F)c(-c3cnn(C)c3)cc21. The molecule has 0 unspecified atom stereocenters. The van der Waals surface area contributed by atoms with E-state index in [1.165, 1.54) is 22.6 Å². The summed E-state index contributed by atoms with van der Waals surface area (Å²) in [6.07, 6.45) is 1.51. The first kappa shape index (κ1) is 25.8. The van der Waals surface area contributed by atoms with E-state index in [4.69, 9.17) is 9.84 Å². The molecular weight excluding hydrogens is 521 g/mol. The summed E-state index contributed by atoms with van der Waals surface area (Å²) < 4.78 is 52.6. The van der Waals surface area contributed by atoms with E-state index in [-0.39, 0.29) is 5.56 Å². The predicted octanol–water partition coefficient (Wildman–Crippen LogP) is 3.57. The number of hydrogen-bond donors (Lipinski definition) is 1. The summed E-state index contributed by atoms with van der Waals surface area (Å²) in [5.41, 5.74) is 3.59. The van der Waals surface area contributed by atoms with Crippen LogP contribution in [0.4, 0.5) is 30.4 Å². The number of rotatable bonds is 4. The molecule has 9 nitrogen and oxygen atoms in total. The van der Waals surface area contributed by atoms with Crippen molar-refractivity contribution in [3.63, 3.8) is 0 Å². The van der Waals surface area contributed by atoms with Gasteiger partial charge in [-0.05, 0) is 30.5 Å². The molecule has 2 saturated heterocycles. The molecule has 1 N–H and O–H groups in total. The highest BCUT2D eigenvalue weighted by atomic mass is 19.4. The number of aryl methyl sites for hydroxylation is 1. The lowest BCUT2D eigenvalue weighted by atomic mass is 9.97. The molecule has 0 spiro atoms. The molecule has 6 heterocycles. The molecule has 40 heavy (non-hydrogen) atoms. The van der Waals surface area contributed by atoms with Crippen LogP contribution in [0.2, 0.25) is 0 Å². The van der Waals surface area contributed by atoms with Gasteiger partial charge in [-0.2, -0.15) is 23.4 Å². The maximum atomic E-state index is 14.5. The van der Waals surface area contributed by atoms with Gasteiger partial charge in [0.25, 0.3) is 0 Å². The molecule has 1 aromatic carbocycles. The van der Waals surface area contributed by atoms with E-state index in [0.717, 1.165) is 69.2 Å². The summed E-state index contributed by atoms with van der Waals surface area (Å²) >= 11 is 0. The average Bonchev–Trinajstić information content (AvgIpc) is 3.51. The van der Waals surface area contributed by atoms with Gasteiger partial charge in [0.1, 0.15) is 0 Å². The number of aromatic nitrogens is 4. The molecule has 214 valence electrons. The fourth-order valence-electron chi connectivity index (χ4n) is 6.65. The summed E-state index contributed by atoms with van der Waals surface area (Å²) in [6, 6.07) is 3.81. The van der Waals surface area contributed by atoms with Gasteiger partial charge in [0.2, 0.25) is 0 Å². The molecular formula is C28H35F3N8O. The number of likely N-dealkylation sites (N-methyl/N-ethyl adjacent to an activating group) is 1. The molecule has 0 bridgehead atoms. The van der Waals surface area contributed by atoms with Gasteiger partial charge >= 0.3 is 6.18 Å². The third-order valence-corrected chi connectivity index (χ3v) is 8.97. The maximum Gasteiger partial charge on any atom is 0.417 e. The summed E-state index contributed by atoms with van der Waals surface area (Å²) in [7, 11) is 3.65. The van der Waals surface area contributed by atoms with Crippen LogP contribution in [0.1, 0.15) is 35.7 Å². The quantitative estimate of drug-likeness (QED) is 0.527. The Morgan fingerprint density at radius 2 is 1.80 bits per heavy atom. The highest BCUT2D eigenvalue weighted by Crippen LogP contribution is 2.47. The summed E-state index contributed by atoms with van der Waals surface area (Å²) in [4.78, 5) is 6.57. The molecule has 4 aliphatic rings. The second-order valence-corrected chi connectivity index (χ2v) is 11.4. The Morgan fingerprint density at radius 1 is 1.00 bits per heavy atom. The van der Waals surface area contributed by atoms with E-state index in [0.29, 0.717) is 43.0 Å². The molecule has 2 aromatic heterocycles. The Kier molecular flexibility index (Phi) is 6.32. The van der Waals surface area contributed by atoms with Crippen molar-refractivity contribution in [3.05, 3.63) is 41.3 Å². The predicted molar refractivity (Wildman–Crippen MR) is 146 cm³/mol. The number of anilines is 3. The number of benzene rings is 1. The van der Waals surface area contributed by atoms with Crippen LogP contribution in [0, 0.1) is 0 Å². The topological polar surface area (TPSA) is 66.6 Å². The van der Waals surface area contributed by atoms with Crippen LogP contribution < -0.4 is 15.1 Å². The fourth-order valence-corrected chi connectivity index (χ4v) is 6.65. The lowest BCUT2D eigenvalue weighted by Crippen LogP contribution is -2.52. The first-order valence-corrected chi connectivity index (χ1v) is 14.1. The lowest BCUT2D eigenvalue weighted by Gasteiger charge is -2.41. The van der Waals surface area contributed by atoms with E-state index >= 15 is 0 Å². The molecule has 3 aromatic rings. The Hall–Kier alpha value is -3.09. The minimum atomic E-state index is -4.51. The minimum absolute atomic E-state index is 0.144. The standard InChI is InChI=1S/C28H35F3N8O/c1-35-9-10-38(26-12-23(28(29,30)31)21(11-25(26)35)18-13-33-36(2)15-18)27-22-14-32-6-3-24(22)39(34-27)19-4-7-37(8-5-19)20-16-40-17-20/h11-13,15,19-20,32H,3-10,14,16-17H2,1-2H3. The maximum absolute atomic E-state index is 14.5. The third kappa shape index (κ3) is 4.36. The molecule has 12 heteroatoms. The van der Waals surface area contributed by atoms with Crippen LogP contribution in [0.3, 0.4) is 0 Å². The molecule has 7 rings (SSSR count). The van der Waals surface area contributed by atoms with Gasteiger partial charge < -0.3 is 19.9 Å². The average molecular weight is 557 g/mol. The van der Waals surface area contributed by atoms with Crippen molar-refractivity contribution >= 4 is 17.2 Å². The second kappa shape index (κ2) is 9.78. The molecule has 4 aliphatic heterocycles. The summed E-state index contributed by atoms with van der Waals surface area (Å²) in [5, 5.41) is 12.8. The number of hydrogen-bond acceptors (Lipinski definition) is 7. The molecule has 0 amide bonds. The van der Waals surface area contributed by atoms with Crippen molar-refractivity contribution in [1.29, 1.82) is 0 Å². The van der Waals surface area contributed by atoms with E-state index in [1.807, 2.05) is 16.8 Å². The molecule has 0 saturated carbocycles. The highest BCUT2D eigenvalue weighted by Gasteiger charge is 2.39. The van der Waals surface area contributed by atoms with Crippen LogP contribution in [0.15, 0.2) is 24.5 Å². The number of nitrogens with zero attached hydrogens (tertiary/aromatic N) is 7. The molecule has 0 atom stereocenters. The van der Waals surface area contributed by atoms with Gasteiger partial charge in [-0.1, -0.05) is 0 Å². The van der Waals surface area contributed by atoms with Crippen molar-refractivity contribution in [3.8, 4) is 11.1 Å². The van der Waals surface area contributed by atoms with Gasteiger partial charge in [0.15, 0.2) is 5.82 Å².